The monoisotopic (exact) mass is 311 g/mol. The van der Waals surface area contributed by atoms with Crippen molar-refractivity contribution in [2.24, 2.45) is 0 Å². The number of thiophene rings is 1. The summed E-state index contributed by atoms with van der Waals surface area (Å²) in [6.45, 7) is 5.91. The maximum absolute atomic E-state index is 12.3. The first kappa shape index (κ1) is 15.8. The van der Waals surface area contributed by atoms with Gasteiger partial charge in [-0.1, -0.05) is 6.07 Å². The summed E-state index contributed by atoms with van der Waals surface area (Å²) >= 11 is 1.64. The van der Waals surface area contributed by atoms with E-state index in [0.717, 1.165) is 0 Å². The van der Waals surface area contributed by atoms with E-state index in [9.17, 15) is 9.59 Å². The lowest BCUT2D eigenvalue weighted by Gasteiger charge is -2.27. The normalized spacial score (nSPS) is 22.2. The molecule has 2 heterocycles. The molecule has 0 saturated carbocycles. The van der Waals surface area contributed by atoms with Crippen molar-refractivity contribution in [2.45, 2.75) is 44.8 Å². The van der Waals surface area contributed by atoms with Crippen molar-refractivity contribution >= 4 is 23.4 Å². The van der Waals surface area contributed by atoms with E-state index < -0.39 is 17.7 Å². The summed E-state index contributed by atoms with van der Waals surface area (Å²) in [5.74, 6) is -0.235. The molecule has 1 aromatic rings. The lowest BCUT2D eigenvalue weighted by atomic mass is 10.0. The molecule has 1 saturated heterocycles. The molecule has 1 aromatic heterocycles. The highest BCUT2D eigenvalue weighted by atomic mass is 32.1. The van der Waals surface area contributed by atoms with Gasteiger partial charge < -0.3 is 9.47 Å². The fraction of sp³-hybridized carbons (Fsp3) is 0.600. The molecule has 0 spiro atoms. The Hall–Kier alpha value is -1.56. The quantitative estimate of drug-likeness (QED) is 0.788. The van der Waals surface area contributed by atoms with Crippen molar-refractivity contribution in [1.29, 1.82) is 0 Å². The van der Waals surface area contributed by atoms with Gasteiger partial charge in [-0.25, -0.2) is 9.59 Å². The maximum Gasteiger partial charge on any atom is 0.411 e. The van der Waals surface area contributed by atoms with Gasteiger partial charge in [0.1, 0.15) is 11.6 Å². The molecule has 0 unspecified atom stereocenters. The lowest BCUT2D eigenvalue weighted by molar-refractivity contribution is -0.145. The Labute approximate surface area is 128 Å². The molecule has 6 heteroatoms. The smallest absolute Gasteiger partial charge is 0.411 e. The third-order valence-corrected chi connectivity index (χ3v) is 4.38. The van der Waals surface area contributed by atoms with E-state index in [4.69, 9.17) is 9.47 Å². The van der Waals surface area contributed by atoms with Gasteiger partial charge in [-0.05, 0) is 38.6 Å². The molecule has 0 N–H and O–H groups in total. The molecule has 1 aliphatic rings. The van der Waals surface area contributed by atoms with Gasteiger partial charge in [0.2, 0.25) is 0 Å². The number of carbonyl (C=O) groups is 2. The number of carbonyl (C=O) groups excluding carboxylic acids is 2. The van der Waals surface area contributed by atoms with Crippen molar-refractivity contribution in [1.82, 2.24) is 4.90 Å². The zero-order valence-electron chi connectivity index (χ0n) is 12.8. The lowest BCUT2D eigenvalue weighted by Crippen LogP contribution is -2.43. The Bertz CT molecular complexity index is 506. The molecule has 2 atom stereocenters. The van der Waals surface area contributed by atoms with Crippen LogP contribution in [0.4, 0.5) is 4.79 Å². The van der Waals surface area contributed by atoms with Crippen LogP contribution in [0.5, 0.6) is 0 Å². The number of amides is 1. The number of ether oxygens (including phenoxy) is 2. The minimum Gasteiger partial charge on any atom is -0.467 e. The zero-order chi connectivity index (χ0) is 15.6. The van der Waals surface area contributed by atoms with Crippen molar-refractivity contribution in [3.8, 4) is 0 Å². The number of hydrogen-bond acceptors (Lipinski definition) is 5. The van der Waals surface area contributed by atoms with Crippen LogP contribution in [0.3, 0.4) is 0 Å². The molecule has 0 radical (unpaired) electrons. The van der Waals surface area contributed by atoms with E-state index in [-0.39, 0.29) is 11.9 Å². The molecule has 21 heavy (non-hydrogen) atoms. The zero-order valence-corrected chi connectivity index (χ0v) is 13.6. The van der Waals surface area contributed by atoms with E-state index in [1.807, 2.05) is 38.3 Å². The molecule has 1 amide bonds. The van der Waals surface area contributed by atoms with Gasteiger partial charge >= 0.3 is 12.1 Å². The van der Waals surface area contributed by atoms with Crippen molar-refractivity contribution in [2.75, 3.05) is 13.7 Å². The van der Waals surface area contributed by atoms with Crippen LogP contribution in [0, 0.1) is 0 Å². The average molecular weight is 311 g/mol. The maximum atomic E-state index is 12.3. The van der Waals surface area contributed by atoms with E-state index in [1.54, 1.807) is 11.3 Å². The second-order valence-electron chi connectivity index (χ2n) is 6.12. The predicted octanol–water partition coefficient (Wildman–Crippen LogP) is 3.01. The Morgan fingerprint density at radius 1 is 1.38 bits per heavy atom. The van der Waals surface area contributed by atoms with Gasteiger partial charge in [0.05, 0.1) is 7.11 Å². The molecule has 0 aliphatic carbocycles. The predicted molar refractivity (Wildman–Crippen MR) is 80.4 cm³/mol. The molecular formula is C15H21NO4S. The van der Waals surface area contributed by atoms with Crippen LogP contribution in [0.15, 0.2) is 17.5 Å². The van der Waals surface area contributed by atoms with Crippen LogP contribution in [-0.4, -0.2) is 42.3 Å². The van der Waals surface area contributed by atoms with Gasteiger partial charge in [-0.15, -0.1) is 11.3 Å². The van der Waals surface area contributed by atoms with Gasteiger partial charge in [0.25, 0.3) is 0 Å². The SMILES string of the molecule is COC(=O)[C@@H]1C[C@H](c2cccs2)CN1C(=O)OC(C)(C)C. The van der Waals surface area contributed by atoms with E-state index >= 15 is 0 Å². The molecule has 5 nitrogen and oxygen atoms in total. The largest absolute Gasteiger partial charge is 0.467 e. The van der Waals surface area contributed by atoms with E-state index in [2.05, 4.69) is 0 Å². The number of rotatable bonds is 2. The number of likely N-dealkylation sites (tertiary alicyclic amines) is 1. The minimum atomic E-state index is -0.585. The highest BCUT2D eigenvalue weighted by Gasteiger charge is 2.42. The standard InChI is InChI=1S/C15H21NO4S/c1-15(2,3)20-14(18)16-9-10(12-6-5-7-21-12)8-11(16)13(17)19-4/h5-7,10-11H,8-9H2,1-4H3/t10-,11-/m0/s1. The number of esters is 1. The summed E-state index contributed by atoms with van der Waals surface area (Å²) in [6, 6.07) is 3.43. The van der Waals surface area contributed by atoms with Crippen LogP contribution >= 0.6 is 11.3 Å². The molecule has 1 aliphatic heterocycles. The summed E-state index contributed by atoms with van der Waals surface area (Å²) in [4.78, 5) is 26.9. The summed E-state index contributed by atoms with van der Waals surface area (Å²) in [7, 11) is 1.34. The Kier molecular flexibility index (Phi) is 4.56. The summed E-state index contributed by atoms with van der Waals surface area (Å²) in [5.41, 5.74) is -0.585. The fourth-order valence-electron chi connectivity index (χ4n) is 2.45. The fourth-order valence-corrected chi connectivity index (χ4v) is 3.28. The van der Waals surface area contributed by atoms with Crippen molar-refractivity contribution in [3.05, 3.63) is 22.4 Å². The van der Waals surface area contributed by atoms with E-state index in [1.165, 1.54) is 16.9 Å². The Balaban J connectivity index is 2.16. The first-order chi connectivity index (χ1) is 9.81. The van der Waals surface area contributed by atoms with Crippen LogP contribution in [-0.2, 0) is 14.3 Å². The van der Waals surface area contributed by atoms with Gasteiger partial charge in [-0.2, -0.15) is 0 Å². The van der Waals surface area contributed by atoms with Crippen LogP contribution in [0.25, 0.3) is 0 Å². The molecule has 0 bridgehead atoms. The first-order valence-corrected chi connectivity index (χ1v) is 7.80. The van der Waals surface area contributed by atoms with Crippen LogP contribution < -0.4 is 0 Å². The number of nitrogens with zero attached hydrogens (tertiary/aromatic N) is 1. The average Bonchev–Trinajstić information content (AvgIpc) is 3.04. The third kappa shape index (κ3) is 3.75. The van der Waals surface area contributed by atoms with Gasteiger partial charge in [-0.3, -0.25) is 4.90 Å². The minimum absolute atomic E-state index is 0.154. The van der Waals surface area contributed by atoms with Crippen molar-refractivity contribution < 1.29 is 19.1 Å². The van der Waals surface area contributed by atoms with E-state index in [0.29, 0.717) is 13.0 Å². The Morgan fingerprint density at radius 3 is 2.62 bits per heavy atom. The second kappa shape index (κ2) is 6.05. The number of methoxy groups -OCH3 is 1. The summed E-state index contributed by atoms with van der Waals surface area (Å²) < 4.78 is 10.2. The number of hydrogen-bond donors (Lipinski definition) is 0. The topological polar surface area (TPSA) is 55.8 Å². The molecule has 116 valence electrons. The van der Waals surface area contributed by atoms with Crippen molar-refractivity contribution in [3.63, 3.8) is 0 Å². The third-order valence-electron chi connectivity index (χ3n) is 3.35. The van der Waals surface area contributed by atoms with Crippen LogP contribution in [0.2, 0.25) is 0 Å². The molecular weight excluding hydrogens is 290 g/mol. The van der Waals surface area contributed by atoms with Gasteiger partial charge in [0, 0.05) is 17.3 Å². The summed E-state index contributed by atoms with van der Waals surface area (Å²) in [5, 5.41) is 2.00. The molecule has 0 aromatic carbocycles. The molecule has 2 rings (SSSR count). The molecule has 1 fully saturated rings. The van der Waals surface area contributed by atoms with Crippen LogP contribution in [0.1, 0.15) is 38.0 Å². The second-order valence-corrected chi connectivity index (χ2v) is 7.10. The Morgan fingerprint density at radius 2 is 2.10 bits per heavy atom. The van der Waals surface area contributed by atoms with Gasteiger partial charge in [0.15, 0.2) is 0 Å². The highest BCUT2D eigenvalue weighted by molar-refractivity contribution is 7.10. The highest BCUT2D eigenvalue weighted by Crippen LogP contribution is 2.35. The summed E-state index contributed by atoms with van der Waals surface area (Å²) in [6.07, 6.45) is 0.115. The first-order valence-electron chi connectivity index (χ1n) is 6.92.